The van der Waals surface area contributed by atoms with E-state index in [4.69, 9.17) is 15.0 Å². The number of aliphatic hydroxyl groups is 2. The monoisotopic (exact) mass is 370 g/mol. The number of nitriles is 1. The van der Waals surface area contributed by atoms with Crippen molar-refractivity contribution in [2.24, 2.45) is 0 Å². The first-order valence-electron chi connectivity index (χ1n) is 6.73. The lowest BCUT2D eigenvalue weighted by atomic mass is 9.92. The third kappa shape index (κ3) is 2.53. The molecule has 0 aromatic carbocycles. The second-order valence-corrected chi connectivity index (χ2v) is 6.85. The number of nitrogens with zero attached hydrogens (tertiary/aromatic N) is 4. The first kappa shape index (κ1) is 17.0. The first-order chi connectivity index (χ1) is 11.4. The van der Waals surface area contributed by atoms with Crippen molar-refractivity contribution in [3.8, 4) is 6.07 Å². The molecule has 0 radical (unpaired) electrons. The Bertz CT molecular complexity index is 841. The predicted molar refractivity (Wildman–Crippen MR) is 84.1 cm³/mol. The van der Waals surface area contributed by atoms with Gasteiger partial charge in [-0.15, -0.1) is 4.52 Å². The number of nitrogen functional groups attached to an aromatic ring is 1. The van der Waals surface area contributed by atoms with Crippen LogP contribution in [0.25, 0.3) is 5.52 Å². The minimum Gasteiger partial charge on any atom is -0.387 e. The zero-order valence-corrected chi connectivity index (χ0v) is 13.8. The number of hydrogen-bond acceptors (Lipinski definition) is 9. The molecule has 1 aliphatic rings. The van der Waals surface area contributed by atoms with Gasteiger partial charge in [-0.1, -0.05) is 0 Å². The lowest BCUT2D eigenvalue weighted by Crippen LogP contribution is -2.41. The van der Waals surface area contributed by atoms with Gasteiger partial charge in [-0.3, -0.25) is 0 Å². The number of nitrogens with two attached hydrogens (primary N) is 1. The lowest BCUT2D eigenvalue weighted by molar-refractivity contribution is -0.0602. The summed E-state index contributed by atoms with van der Waals surface area (Å²) in [7, 11) is -2.22. The summed E-state index contributed by atoms with van der Waals surface area (Å²) in [6.07, 6.45) is -2.89. The van der Waals surface area contributed by atoms with E-state index in [1.807, 2.05) is 6.07 Å². The van der Waals surface area contributed by atoms with Crippen LogP contribution in [0.1, 0.15) is 5.69 Å². The van der Waals surface area contributed by atoms with Crippen molar-refractivity contribution in [3.63, 3.8) is 0 Å². The molecule has 24 heavy (non-hydrogen) atoms. The highest BCUT2D eigenvalue weighted by Gasteiger charge is 2.58. The van der Waals surface area contributed by atoms with Gasteiger partial charge in [0.15, 0.2) is 5.82 Å². The Morgan fingerprint density at radius 2 is 2.33 bits per heavy atom. The second kappa shape index (κ2) is 6.25. The van der Waals surface area contributed by atoms with E-state index in [2.05, 4.69) is 22.3 Å². The van der Waals surface area contributed by atoms with Crippen LogP contribution in [-0.2, 0) is 19.4 Å². The number of fused-ring (bicyclic) bond motifs is 1. The van der Waals surface area contributed by atoms with Gasteiger partial charge in [0.2, 0.25) is 5.60 Å². The molecular formula is C12H13N5O5PS+. The molecule has 3 rings (SSSR count). The Morgan fingerprint density at radius 3 is 3.00 bits per heavy atom. The second-order valence-electron chi connectivity index (χ2n) is 5.13. The van der Waals surface area contributed by atoms with Gasteiger partial charge in [0, 0.05) is 0 Å². The molecule has 1 fully saturated rings. The van der Waals surface area contributed by atoms with Crippen LogP contribution in [0.2, 0.25) is 0 Å². The smallest absolute Gasteiger partial charge is 0.387 e. The van der Waals surface area contributed by atoms with E-state index in [-0.39, 0.29) is 18.1 Å². The average Bonchev–Trinajstić information content (AvgIpc) is 3.09. The Hall–Kier alpha value is -1.80. The maximum absolute atomic E-state index is 11.0. The Labute approximate surface area is 141 Å². The van der Waals surface area contributed by atoms with Gasteiger partial charge in [-0.05, 0) is 16.7 Å². The highest BCUT2D eigenvalue weighted by molar-refractivity contribution is 8.39. The van der Waals surface area contributed by atoms with Crippen molar-refractivity contribution >= 4 is 30.8 Å². The van der Waals surface area contributed by atoms with Gasteiger partial charge >= 0.3 is 7.23 Å². The van der Waals surface area contributed by atoms with Gasteiger partial charge in [0.25, 0.3) is 0 Å². The Morgan fingerprint density at radius 1 is 1.58 bits per heavy atom. The standard InChI is InChI=1S/C12H12N5O5PS/c13-4-12(8-2-1-6-11(14)15-5-16-17(6)8)10(19)9(18)7(22-12)3-21-23(20)24/h1-2,5,7,9-10,18-19H,3H2,(H2-,14,15,16,20,24)/p+1/t7-,9-,10-,12+/m1/s1. The summed E-state index contributed by atoms with van der Waals surface area (Å²) in [6, 6.07) is 4.96. The van der Waals surface area contributed by atoms with Crippen molar-refractivity contribution < 1.29 is 24.0 Å². The summed E-state index contributed by atoms with van der Waals surface area (Å²) in [4.78, 5) is 3.84. The fourth-order valence-corrected chi connectivity index (χ4v) is 3.16. The predicted octanol–water partition coefficient (Wildman–Crippen LogP) is -0.245. The molecule has 10 nitrogen and oxygen atoms in total. The summed E-state index contributed by atoms with van der Waals surface area (Å²) < 4.78 is 22.7. The molecule has 1 unspecified atom stereocenters. The number of ether oxygens (including phenoxy) is 1. The number of hydrogen-bond donors (Lipinski definition) is 4. The van der Waals surface area contributed by atoms with Gasteiger partial charge in [0.1, 0.15) is 55.1 Å². The van der Waals surface area contributed by atoms with Crippen molar-refractivity contribution in [2.75, 3.05) is 12.3 Å². The fraction of sp³-hybridized carbons (Fsp3) is 0.417. The third-order valence-electron chi connectivity index (χ3n) is 3.84. The van der Waals surface area contributed by atoms with Crippen molar-refractivity contribution in [2.45, 2.75) is 23.9 Å². The lowest BCUT2D eigenvalue weighted by Gasteiger charge is -2.24. The zero-order valence-electron chi connectivity index (χ0n) is 12.1. The molecule has 0 aliphatic carbocycles. The molecule has 1 saturated heterocycles. The topological polar surface area (TPSA) is 156 Å². The van der Waals surface area contributed by atoms with E-state index < -0.39 is 31.1 Å². The van der Waals surface area contributed by atoms with E-state index in [0.29, 0.717) is 5.52 Å². The zero-order chi connectivity index (χ0) is 17.5. The molecule has 12 heteroatoms. The summed E-state index contributed by atoms with van der Waals surface area (Å²) in [5.41, 5.74) is 4.46. The maximum Gasteiger partial charge on any atom is 0.582 e. The van der Waals surface area contributed by atoms with Crippen LogP contribution in [-0.4, -0.2) is 49.7 Å². The van der Waals surface area contributed by atoms with E-state index in [1.165, 1.54) is 16.9 Å². The van der Waals surface area contributed by atoms with Crippen LogP contribution >= 0.6 is 19.5 Å². The molecule has 2 aromatic heterocycles. The molecular weight excluding hydrogens is 357 g/mol. The molecule has 1 aliphatic heterocycles. The molecule has 5 atom stereocenters. The van der Waals surface area contributed by atoms with Crippen molar-refractivity contribution in [3.05, 3.63) is 24.2 Å². The summed E-state index contributed by atoms with van der Waals surface area (Å²) in [5.74, 6) is 0.185. The Balaban J connectivity index is 2.04. The summed E-state index contributed by atoms with van der Waals surface area (Å²) in [5, 5.41) is 34.2. The van der Waals surface area contributed by atoms with E-state index in [1.54, 1.807) is 6.07 Å². The Kier molecular flexibility index (Phi) is 4.44. The maximum atomic E-state index is 11.0. The number of aliphatic hydroxyl groups excluding tert-OH is 2. The summed E-state index contributed by atoms with van der Waals surface area (Å²) >= 11 is 3.60. The molecule has 2 aromatic rings. The van der Waals surface area contributed by atoms with E-state index >= 15 is 0 Å². The SMILES string of the molecule is N#C[C@@]1(c2ccc3c(N)ncnn23)O[C@H](CO[P+](=O)S)[C@@H](O)[C@H]1O. The van der Waals surface area contributed by atoms with Crippen LogP contribution < -0.4 is 5.73 Å². The molecule has 0 bridgehead atoms. The molecule has 126 valence electrons. The number of anilines is 1. The highest BCUT2D eigenvalue weighted by Crippen LogP contribution is 2.41. The van der Waals surface area contributed by atoms with Gasteiger partial charge in [-0.2, -0.15) is 10.4 Å². The van der Waals surface area contributed by atoms with Gasteiger partial charge in [-0.25, -0.2) is 9.50 Å². The molecule has 4 N–H and O–H groups in total. The van der Waals surface area contributed by atoms with E-state index in [9.17, 15) is 20.0 Å². The van der Waals surface area contributed by atoms with Crippen LogP contribution in [0.4, 0.5) is 5.82 Å². The van der Waals surface area contributed by atoms with Crippen molar-refractivity contribution in [1.82, 2.24) is 14.6 Å². The van der Waals surface area contributed by atoms with Crippen LogP contribution in [0.5, 0.6) is 0 Å². The summed E-state index contributed by atoms with van der Waals surface area (Å²) in [6.45, 7) is -0.305. The minimum absolute atomic E-state index is 0.179. The van der Waals surface area contributed by atoms with Gasteiger partial charge in [0.05, 0.1) is 5.69 Å². The van der Waals surface area contributed by atoms with E-state index in [0.717, 1.165) is 0 Å². The number of aromatic nitrogens is 3. The normalized spacial score (nSPS) is 30.4. The van der Waals surface area contributed by atoms with Crippen molar-refractivity contribution in [1.29, 1.82) is 5.26 Å². The molecule has 0 saturated carbocycles. The van der Waals surface area contributed by atoms with Crippen LogP contribution in [0.3, 0.4) is 0 Å². The molecule has 0 amide bonds. The third-order valence-corrected chi connectivity index (χ3v) is 4.55. The van der Waals surface area contributed by atoms with Gasteiger partial charge < -0.3 is 20.7 Å². The average molecular weight is 370 g/mol. The fourth-order valence-electron chi connectivity index (χ4n) is 2.69. The molecule has 3 heterocycles. The van der Waals surface area contributed by atoms with Crippen LogP contribution in [0, 0.1) is 11.3 Å². The highest BCUT2D eigenvalue weighted by atomic mass is 32.7. The quantitative estimate of drug-likeness (QED) is 0.421. The number of rotatable bonds is 4. The largest absolute Gasteiger partial charge is 0.582 e. The van der Waals surface area contributed by atoms with Crippen LogP contribution in [0.15, 0.2) is 18.5 Å². The first-order valence-corrected chi connectivity index (χ1v) is 9.06. The molecule has 0 spiro atoms. The minimum atomic E-state index is -2.22. The number of thiol groups is 1.